The number of hydrogen-bond donors (Lipinski definition) is 1. The number of carbonyl (C=O) groups excluding carboxylic acids is 1. The first kappa shape index (κ1) is 20.4. The smallest absolute Gasteiger partial charge is 0.224 e. The van der Waals surface area contributed by atoms with Crippen molar-refractivity contribution in [3.8, 4) is 0 Å². The third-order valence-electron chi connectivity index (χ3n) is 5.33. The summed E-state index contributed by atoms with van der Waals surface area (Å²) in [6, 6.07) is 19.6. The largest absolute Gasteiger partial charge is 0.352 e. The third-order valence-corrected chi connectivity index (χ3v) is 6.84. The Kier molecular flexibility index (Phi) is 6.61. The lowest BCUT2D eigenvalue weighted by Gasteiger charge is -2.38. The molecule has 1 fully saturated rings. The van der Waals surface area contributed by atoms with Crippen molar-refractivity contribution in [2.24, 2.45) is 5.92 Å². The van der Waals surface area contributed by atoms with Gasteiger partial charge < -0.3 is 5.32 Å². The summed E-state index contributed by atoms with van der Waals surface area (Å²) >= 11 is 0. The van der Waals surface area contributed by atoms with Crippen LogP contribution in [-0.2, 0) is 22.3 Å². The molecule has 1 aliphatic rings. The van der Waals surface area contributed by atoms with Gasteiger partial charge in [0.15, 0.2) is 0 Å². The number of aromatic nitrogens is 2. The maximum atomic E-state index is 13.4. The summed E-state index contributed by atoms with van der Waals surface area (Å²) in [5.74, 6) is -0.248. The quantitative estimate of drug-likeness (QED) is 0.664. The molecule has 1 aromatic heterocycles. The Morgan fingerprint density at radius 3 is 2.37 bits per heavy atom. The SMILES string of the molecule is O=C(NCc1cncnc1)C1CCC(c2ccccc2)N(S(=O)c2ccccc2)C1. The molecule has 0 radical (unpaired) electrons. The highest BCUT2D eigenvalue weighted by Gasteiger charge is 2.36. The van der Waals surface area contributed by atoms with Gasteiger partial charge in [0.1, 0.15) is 17.3 Å². The van der Waals surface area contributed by atoms with Crippen molar-refractivity contribution in [3.63, 3.8) is 0 Å². The normalized spacial score (nSPS) is 20.4. The van der Waals surface area contributed by atoms with Crippen LogP contribution >= 0.6 is 0 Å². The van der Waals surface area contributed by atoms with E-state index in [1.807, 2.05) is 52.8 Å². The fourth-order valence-electron chi connectivity index (χ4n) is 3.77. The zero-order valence-corrected chi connectivity index (χ0v) is 17.4. The summed E-state index contributed by atoms with van der Waals surface area (Å²) in [5, 5.41) is 2.98. The lowest BCUT2D eigenvalue weighted by molar-refractivity contribution is -0.126. The molecule has 3 aromatic rings. The van der Waals surface area contributed by atoms with Crippen molar-refractivity contribution in [2.75, 3.05) is 6.54 Å². The molecule has 1 amide bonds. The van der Waals surface area contributed by atoms with E-state index in [1.165, 1.54) is 6.33 Å². The highest BCUT2D eigenvalue weighted by Crippen LogP contribution is 2.36. The number of nitrogens with one attached hydrogen (secondary N) is 1. The molecule has 30 heavy (non-hydrogen) atoms. The Balaban J connectivity index is 1.51. The van der Waals surface area contributed by atoms with Gasteiger partial charge in [0.25, 0.3) is 0 Å². The molecule has 0 spiro atoms. The summed E-state index contributed by atoms with van der Waals surface area (Å²) in [4.78, 5) is 21.5. The molecule has 0 bridgehead atoms. The topological polar surface area (TPSA) is 75.2 Å². The van der Waals surface area contributed by atoms with Crippen LogP contribution < -0.4 is 5.32 Å². The molecule has 3 atom stereocenters. The van der Waals surface area contributed by atoms with Crippen LogP contribution in [0.2, 0.25) is 0 Å². The van der Waals surface area contributed by atoms with E-state index >= 15 is 0 Å². The number of rotatable bonds is 6. The van der Waals surface area contributed by atoms with Crippen LogP contribution in [0, 0.1) is 5.92 Å². The van der Waals surface area contributed by atoms with Crippen molar-refractivity contribution < 1.29 is 9.00 Å². The first-order valence-corrected chi connectivity index (χ1v) is 11.1. The van der Waals surface area contributed by atoms with E-state index in [1.54, 1.807) is 12.4 Å². The minimum Gasteiger partial charge on any atom is -0.352 e. The molecular formula is C23H24N4O2S. The summed E-state index contributed by atoms with van der Waals surface area (Å²) in [5.41, 5.74) is 1.98. The zero-order valence-electron chi connectivity index (χ0n) is 16.6. The Bertz CT molecular complexity index is 986. The van der Waals surface area contributed by atoms with Gasteiger partial charge in [-0.3, -0.25) is 4.79 Å². The summed E-state index contributed by atoms with van der Waals surface area (Å²) < 4.78 is 15.4. The second-order valence-corrected chi connectivity index (χ2v) is 8.77. The number of benzene rings is 2. The van der Waals surface area contributed by atoms with Crippen LogP contribution in [0.4, 0.5) is 0 Å². The average molecular weight is 421 g/mol. The Hall–Kier alpha value is -2.90. The molecule has 6 nitrogen and oxygen atoms in total. The molecule has 2 aromatic carbocycles. The molecule has 2 heterocycles. The molecule has 1 N–H and O–H groups in total. The Morgan fingerprint density at radius 1 is 1.00 bits per heavy atom. The molecule has 0 aliphatic carbocycles. The maximum absolute atomic E-state index is 13.4. The lowest BCUT2D eigenvalue weighted by atomic mass is 9.90. The average Bonchev–Trinajstić information content (AvgIpc) is 2.83. The van der Waals surface area contributed by atoms with E-state index in [0.717, 1.165) is 28.9 Å². The number of nitrogens with zero attached hydrogens (tertiary/aromatic N) is 3. The van der Waals surface area contributed by atoms with Gasteiger partial charge in [-0.25, -0.2) is 18.5 Å². The van der Waals surface area contributed by atoms with Gasteiger partial charge in [0.2, 0.25) is 5.91 Å². The van der Waals surface area contributed by atoms with Crippen molar-refractivity contribution >= 4 is 16.9 Å². The maximum Gasteiger partial charge on any atom is 0.224 e. The van der Waals surface area contributed by atoms with Crippen LogP contribution in [-0.4, -0.2) is 30.9 Å². The molecule has 1 aliphatic heterocycles. The molecule has 1 saturated heterocycles. The van der Waals surface area contributed by atoms with E-state index < -0.39 is 11.0 Å². The Labute approximate surface area is 179 Å². The third kappa shape index (κ3) is 4.80. The molecule has 3 unspecified atom stereocenters. The van der Waals surface area contributed by atoms with E-state index in [0.29, 0.717) is 13.1 Å². The van der Waals surface area contributed by atoms with Gasteiger partial charge in [0, 0.05) is 37.1 Å². The van der Waals surface area contributed by atoms with Gasteiger partial charge in [0.05, 0.1) is 10.8 Å². The molecular weight excluding hydrogens is 396 g/mol. The van der Waals surface area contributed by atoms with Crippen LogP contribution in [0.25, 0.3) is 0 Å². The van der Waals surface area contributed by atoms with Gasteiger partial charge in [-0.15, -0.1) is 0 Å². The van der Waals surface area contributed by atoms with Gasteiger partial charge in [-0.05, 0) is 30.5 Å². The first-order valence-electron chi connectivity index (χ1n) is 10.0. The van der Waals surface area contributed by atoms with Crippen LogP contribution in [0.5, 0.6) is 0 Å². The summed E-state index contributed by atoms with van der Waals surface area (Å²) in [6.45, 7) is 0.832. The highest BCUT2D eigenvalue weighted by molar-refractivity contribution is 7.82. The minimum absolute atomic E-state index is 0.0128. The second kappa shape index (κ2) is 9.73. The van der Waals surface area contributed by atoms with E-state index in [2.05, 4.69) is 27.4 Å². The van der Waals surface area contributed by atoms with Crippen molar-refractivity contribution in [1.29, 1.82) is 0 Å². The molecule has 7 heteroatoms. The van der Waals surface area contributed by atoms with Crippen LogP contribution in [0.3, 0.4) is 0 Å². The Morgan fingerprint density at radius 2 is 1.67 bits per heavy atom. The highest BCUT2D eigenvalue weighted by atomic mass is 32.2. The van der Waals surface area contributed by atoms with E-state index in [-0.39, 0.29) is 17.9 Å². The van der Waals surface area contributed by atoms with E-state index in [4.69, 9.17) is 0 Å². The molecule has 0 saturated carbocycles. The van der Waals surface area contributed by atoms with Crippen LogP contribution in [0.15, 0.2) is 84.3 Å². The van der Waals surface area contributed by atoms with Crippen LogP contribution in [0.1, 0.15) is 30.0 Å². The van der Waals surface area contributed by atoms with Crippen molar-refractivity contribution in [2.45, 2.75) is 30.3 Å². The number of amides is 1. The number of carbonyl (C=O) groups is 1. The summed E-state index contributed by atoms with van der Waals surface area (Å²) in [7, 11) is -1.34. The van der Waals surface area contributed by atoms with Gasteiger partial charge in [-0.2, -0.15) is 0 Å². The second-order valence-electron chi connectivity index (χ2n) is 7.33. The fraction of sp³-hybridized carbons (Fsp3) is 0.261. The van der Waals surface area contributed by atoms with E-state index in [9.17, 15) is 9.00 Å². The zero-order chi connectivity index (χ0) is 20.8. The molecule has 154 valence electrons. The predicted molar refractivity (Wildman–Crippen MR) is 115 cm³/mol. The van der Waals surface area contributed by atoms with Crippen molar-refractivity contribution in [1.82, 2.24) is 19.6 Å². The number of piperidine rings is 1. The van der Waals surface area contributed by atoms with Crippen molar-refractivity contribution in [3.05, 3.63) is 90.5 Å². The van der Waals surface area contributed by atoms with Gasteiger partial charge >= 0.3 is 0 Å². The fourth-order valence-corrected chi connectivity index (χ4v) is 5.21. The minimum atomic E-state index is -1.34. The number of hydrogen-bond acceptors (Lipinski definition) is 4. The monoisotopic (exact) mass is 420 g/mol. The lowest BCUT2D eigenvalue weighted by Crippen LogP contribution is -2.45. The van der Waals surface area contributed by atoms with Gasteiger partial charge in [-0.1, -0.05) is 48.5 Å². The predicted octanol–water partition coefficient (Wildman–Crippen LogP) is 3.27. The standard InChI is InChI=1S/C23H24N4O2S/c28-23(26-15-18-13-24-17-25-14-18)20-11-12-22(19-7-3-1-4-8-19)27(16-20)30(29)21-9-5-2-6-10-21/h1-10,13-14,17,20,22H,11-12,15-16H2,(H,26,28). The first-order chi connectivity index (χ1) is 14.7. The summed E-state index contributed by atoms with van der Waals surface area (Å²) in [6.07, 6.45) is 6.37. The molecule has 4 rings (SSSR count).